The first kappa shape index (κ1) is 16.2. The minimum Gasteiger partial charge on any atom is -0.472 e. The van der Waals surface area contributed by atoms with Gasteiger partial charge in [-0.1, -0.05) is 36.4 Å². The number of aromatic nitrogens is 1. The van der Waals surface area contributed by atoms with Crippen molar-refractivity contribution < 1.29 is 12.8 Å². The Morgan fingerprint density at radius 1 is 1.08 bits per heavy atom. The molecule has 6 heteroatoms. The average Bonchev–Trinajstić information content (AvgIpc) is 3.15. The Bertz CT molecular complexity index is 901. The fourth-order valence-electron chi connectivity index (χ4n) is 2.07. The second-order valence-electron chi connectivity index (χ2n) is 5.14. The Morgan fingerprint density at radius 2 is 1.92 bits per heavy atom. The van der Waals surface area contributed by atoms with Crippen molar-refractivity contribution in [2.45, 2.75) is 6.54 Å². The summed E-state index contributed by atoms with van der Waals surface area (Å²) in [4.78, 5) is 4.30. The first-order valence-electron chi connectivity index (χ1n) is 7.33. The molecule has 0 spiro atoms. The minimum atomic E-state index is -3.50. The molecule has 122 valence electrons. The van der Waals surface area contributed by atoms with Gasteiger partial charge in [0.1, 0.15) is 0 Å². The molecule has 0 saturated carbocycles. The van der Waals surface area contributed by atoms with E-state index in [0.717, 1.165) is 27.8 Å². The van der Waals surface area contributed by atoms with Gasteiger partial charge >= 0.3 is 0 Å². The minimum absolute atomic E-state index is 0.181. The Labute approximate surface area is 140 Å². The number of sulfonamides is 1. The van der Waals surface area contributed by atoms with E-state index in [1.54, 1.807) is 24.8 Å². The number of rotatable bonds is 6. The van der Waals surface area contributed by atoms with Crippen molar-refractivity contribution in [2.24, 2.45) is 0 Å². The van der Waals surface area contributed by atoms with E-state index >= 15 is 0 Å². The second kappa shape index (κ2) is 7.25. The summed E-state index contributed by atoms with van der Waals surface area (Å²) in [6, 6.07) is 14.7. The van der Waals surface area contributed by atoms with Gasteiger partial charge in [-0.2, -0.15) is 0 Å². The van der Waals surface area contributed by atoms with Gasteiger partial charge in [0.05, 0.1) is 18.2 Å². The summed E-state index contributed by atoms with van der Waals surface area (Å²) < 4.78 is 31.5. The quantitative estimate of drug-likeness (QED) is 0.746. The molecule has 0 unspecified atom stereocenters. The highest BCUT2D eigenvalue weighted by Crippen LogP contribution is 2.17. The van der Waals surface area contributed by atoms with Crippen LogP contribution in [0.15, 0.2) is 77.1 Å². The number of nitrogens with one attached hydrogen (secondary N) is 1. The molecule has 1 aromatic carbocycles. The van der Waals surface area contributed by atoms with Crippen molar-refractivity contribution in [3.05, 3.63) is 83.8 Å². The molecule has 0 radical (unpaired) electrons. The maximum absolute atomic E-state index is 12.0. The predicted octanol–water partition coefficient (Wildman–Crippen LogP) is 3.43. The third-order valence-electron chi connectivity index (χ3n) is 3.36. The number of hydrogen-bond donors (Lipinski definition) is 1. The zero-order chi connectivity index (χ0) is 16.8. The van der Waals surface area contributed by atoms with Crippen molar-refractivity contribution in [3.8, 4) is 11.3 Å². The maximum atomic E-state index is 12.0. The van der Waals surface area contributed by atoms with Gasteiger partial charge in [-0.3, -0.25) is 4.98 Å². The van der Waals surface area contributed by atoms with Crippen LogP contribution in [0.1, 0.15) is 11.1 Å². The normalized spacial score (nSPS) is 11.8. The molecule has 0 aliphatic carbocycles. The van der Waals surface area contributed by atoms with E-state index in [0.29, 0.717) is 0 Å². The maximum Gasteiger partial charge on any atom is 0.234 e. The van der Waals surface area contributed by atoms with Crippen molar-refractivity contribution >= 4 is 16.1 Å². The van der Waals surface area contributed by atoms with E-state index in [1.165, 1.54) is 0 Å². The molecular weight excluding hydrogens is 324 g/mol. The highest BCUT2D eigenvalue weighted by Gasteiger charge is 2.06. The molecule has 24 heavy (non-hydrogen) atoms. The molecular formula is C18H16N2O3S. The summed E-state index contributed by atoms with van der Waals surface area (Å²) in [6.45, 7) is 0.181. The van der Waals surface area contributed by atoms with Crippen LogP contribution in [0.2, 0.25) is 0 Å². The van der Waals surface area contributed by atoms with Gasteiger partial charge in [-0.15, -0.1) is 0 Å². The van der Waals surface area contributed by atoms with Crippen molar-refractivity contribution in [2.75, 3.05) is 0 Å². The monoisotopic (exact) mass is 340 g/mol. The summed E-state index contributed by atoms with van der Waals surface area (Å²) in [5.74, 6) is 0. The summed E-state index contributed by atoms with van der Waals surface area (Å²) >= 11 is 0. The molecule has 0 aliphatic rings. The largest absolute Gasteiger partial charge is 0.472 e. The Morgan fingerprint density at radius 3 is 2.58 bits per heavy atom. The van der Waals surface area contributed by atoms with Crippen LogP contribution in [0.3, 0.4) is 0 Å². The molecule has 0 aliphatic heterocycles. The van der Waals surface area contributed by atoms with E-state index < -0.39 is 10.0 Å². The standard InChI is InChI=1S/C18H16N2O3S/c21-24(22,11-9-15-4-2-1-3-5-15)20-13-16-6-7-18(19-12-16)17-8-10-23-14-17/h1-12,14,20H,13H2. The lowest BCUT2D eigenvalue weighted by Crippen LogP contribution is -2.20. The Hall–Kier alpha value is -2.70. The fourth-order valence-corrected chi connectivity index (χ4v) is 2.87. The summed E-state index contributed by atoms with van der Waals surface area (Å²) in [7, 11) is -3.50. The van der Waals surface area contributed by atoms with Crippen LogP contribution >= 0.6 is 0 Å². The van der Waals surface area contributed by atoms with Crippen molar-refractivity contribution in [1.29, 1.82) is 0 Å². The fraction of sp³-hybridized carbons (Fsp3) is 0.0556. The lowest BCUT2D eigenvalue weighted by molar-refractivity contribution is 0.568. The van der Waals surface area contributed by atoms with E-state index in [-0.39, 0.29) is 6.54 Å². The molecule has 1 N–H and O–H groups in total. The summed E-state index contributed by atoms with van der Waals surface area (Å²) in [5, 5.41) is 1.16. The molecule has 0 saturated heterocycles. The smallest absolute Gasteiger partial charge is 0.234 e. The number of benzene rings is 1. The number of nitrogens with zero attached hydrogens (tertiary/aromatic N) is 1. The molecule has 0 fully saturated rings. The van der Waals surface area contributed by atoms with Gasteiger partial charge in [0, 0.05) is 23.7 Å². The van der Waals surface area contributed by atoms with E-state index in [9.17, 15) is 8.42 Å². The van der Waals surface area contributed by atoms with Gasteiger partial charge in [0.15, 0.2) is 0 Å². The van der Waals surface area contributed by atoms with Crippen LogP contribution < -0.4 is 4.72 Å². The Kier molecular flexibility index (Phi) is 4.88. The zero-order valence-corrected chi connectivity index (χ0v) is 13.6. The molecule has 3 aromatic rings. The van der Waals surface area contributed by atoms with E-state index in [4.69, 9.17) is 4.42 Å². The molecule has 5 nitrogen and oxygen atoms in total. The highest BCUT2D eigenvalue weighted by molar-refractivity contribution is 7.92. The molecule has 0 atom stereocenters. The van der Waals surface area contributed by atoms with Gasteiger partial charge in [0.2, 0.25) is 10.0 Å². The van der Waals surface area contributed by atoms with E-state index in [2.05, 4.69) is 9.71 Å². The lowest BCUT2D eigenvalue weighted by atomic mass is 10.2. The predicted molar refractivity (Wildman–Crippen MR) is 93.2 cm³/mol. The van der Waals surface area contributed by atoms with Crippen LogP contribution in [0.5, 0.6) is 0 Å². The van der Waals surface area contributed by atoms with Crippen LogP contribution in [0.25, 0.3) is 17.3 Å². The average molecular weight is 340 g/mol. The van der Waals surface area contributed by atoms with Gasteiger partial charge in [-0.05, 0) is 29.3 Å². The number of hydrogen-bond acceptors (Lipinski definition) is 4. The first-order valence-corrected chi connectivity index (χ1v) is 8.87. The topological polar surface area (TPSA) is 72.2 Å². The molecule has 3 rings (SSSR count). The molecule has 2 aromatic heterocycles. The van der Waals surface area contributed by atoms with Gasteiger partial charge in [0.25, 0.3) is 0 Å². The van der Waals surface area contributed by atoms with E-state index in [1.807, 2.05) is 48.5 Å². The number of pyridine rings is 1. The van der Waals surface area contributed by atoms with Crippen molar-refractivity contribution in [3.63, 3.8) is 0 Å². The first-order chi connectivity index (χ1) is 11.6. The SMILES string of the molecule is O=S(=O)(C=Cc1ccccc1)NCc1ccc(-c2ccoc2)nc1. The molecule has 0 amide bonds. The lowest BCUT2D eigenvalue weighted by Gasteiger charge is -2.04. The van der Waals surface area contributed by atoms with Crippen LogP contribution in [-0.2, 0) is 16.6 Å². The van der Waals surface area contributed by atoms with Gasteiger partial charge in [-0.25, -0.2) is 13.1 Å². The molecule has 0 bridgehead atoms. The Balaban J connectivity index is 1.61. The third kappa shape index (κ3) is 4.41. The molecule has 2 heterocycles. The van der Waals surface area contributed by atoms with Crippen molar-refractivity contribution in [1.82, 2.24) is 9.71 Å². The summed E-state index contributed by atoms with van der Waals surface area (Å²) in [6.07, 6.45) is 6.39. The zero-order valence-electron chi connectivity index (χ0n) is 12.8. The summed E-state index contributed by atoms with van der Waals surface area (Å²) in [5.41, 5.74) is 3.26. The highest BCUT2D eigenvalue weighted by atomic mass is 32.2. The van der Waals surface area contributed by atoms with Crippen LogP contribution in [0, 0.1) is 0 Å². The van der Waals surface area contributed by atoms with Crippen LogP contribution in [-0.4, -0.2) is 13.4 Å². The second-order valence-corrected chi connectivity index (χ2v) is 6.79. The number of furan rings is 1. The third-order valence-corrected chi connectivity index (χ3v) is 4.40. The van der Waals surface area contributed by atoms with Gasteiger partial charge < -0.3 is 4.42 Å². The van der Waals surface area contributed by atoms with Crippen LogP contribution in [0.4, 0.5) is 0 Å².